The SMILES string of the molecule is CCOc1c(/C=C2\NC(=O)N(Cc3ccc(C(=O)OC)o3)C2=O)cc(Br)cc1[N+](=O)[O-]. The topological polar surface area (TPSA) is 141 Å². The molecule has 0 unspecified atom stereocenters. The van der Waals surface area contributed by atoms with Gasteiger partial charge in [0.15, 0.2) is 0 Å². The number of nitro groups is 1. The highest BCUT2D eigenvalue weighted by molar-refractivity contribution is 9.10. The summed E-state index contributed by atoms with van der Waals surface area (Å²) >= 11 is 3.20. The molecule has 1 aromatic heterocycles. The number of amides is 3. The first-order valence-corrected chi connectivity index (χ1v) is 9.66. The smallest absolute Gasteiger partial charge is 0.373 e. The lowest BCUT2D eigenvalue weighted by molar-refractivity contribution is -0.385. The molecule has 0 atom stereocenters. The quantitative estimate of drug-likeness (QED) is 0.203. The number of methoxy groups -OCH3 is 1. The second kappa shape index (κ2) is 9.00. The summed E-state index contributed by atoms with van der Waals surface area (Å²) in [5.74, 6) is -1.27. The summed E-state index contributed by atoms with van der Waals surface area (Å²) in [7, 11) is 1.20. The average molecular weight is 494 g/mol. The second-order valence-corrected chi connectivity index (χ2v) is 7.09. The highest BCUT2D eigenvalue weighted by Gasteiger charge is 2.35. The lowest BCUT2D eigenvalue weighted by atomic mass is 10.1. The molecular weight excluding hydrogens is 478 g/mol. The van der Waals surface area contributed by atoms with E-state index in [0.717, 1.165) is 4.90 Å². The normalized spacial score (nSPS) is 14.7. The van der Waals surface area contributed by atoms with E-state index < -0.39 is 22.8 Å². The summed E-state index contributed by atoms with van der Waals surface area (Å²) < 4.78 is 15.6. The first kappa shape index (κ1) is 22.0. The van der Waals surface area contributed by atoms with Crippen molar-refractivity contribution in [2.24, 2.45) is 0 Å². The minimum atomic E-state index is -0.713. The third kappa shape index (κ3) is 4.58. The molecular formula is C19H16BrN3O8. The average Bonchev–Trinajstić information content (AvgIpc) is 3.29. The second-order valence-electron chi connectivity index (χ2n) is 6.17. The molecule has 3 amide bonds. The number of halogens is 1. The number of imide groups is 1. The van der Waals surface area contributed by atoms with E-state index in [1.807, 2.05) is 0 Å². The monoisotopic (exact) mass is 493 g/mol. The number of hydrogen-bond donors (Lipinski definition) is 1. The predicted molar refractivity (Wildman–Crippen MR) is 109 cm³/mol. The fourth-order valence-electron chi connectivity index (χ4n) is 2.84. The number of carbonyl (C=O) groups excluding carboxylic acids is 3. The van der Waals surface area contributed by atoms with Gasteiger partial charge >= 0.3 is 17.7 Å². The van der Waals surface area contributed by atoms with Crippen LogP contribution in [-0.2, 0) is 16.1 Å². The summed E-state index contributed by atoms with van der Waals surface area (Å²) in [6, 6.07) is 4.91. The van der Waals surface area contributed by atoms with E-state index in [1.54, 1.807) is 6.92 Å². The van der Waals surface area contributed by atoms with Crippen LogP contribution in [0.1, 0.15) is 28.8 Å². The van der Waals surface area contributed by atoms with Crippen LogP contribution in [0.5, 0.6) is 5.75 Å². The van der Waals surface area contributed by atoms with Crippen LogP contribution < -0.4 is 10.1 Å². The largest absolute Gasteiger partial charge is 0.487 e. The van der Waals surface area contributed by atoms with Crippen LogP contribution in [0, 0.1) is 10.1 Å². The van der Waals surface area contributed by atoms with Gasteiger partial charge in [-0.05, 0) is 31.2 Å². The number of rotatable bonds is 7. The van der Waals surface area contributed by atoms with Gasteiger partial charge in [0, 0.05) is 16.1 Å². The van der Waals surface area contributed by atoms with E-state index in [4.69, 9.17) is 9.15 Å². The molecule has 2 heterocycles. The summed E-state index contributed by atoms with van der Waals surface area (Å²) in [6.45, 7) is 1.60. The number of nitro benzene ring substituents is 1. The summed E-state index contributed by atoms with van der Waals surface area (Å²) in [5, 5.41) is 13.8. The van der Waals surface area contributed by atoms with E-state index in [1.165, 1.54) is 37.5 Å². The van der Waals surface area contributed by atoms with Gasteiger partial charge in [0.1, 0.15) is 11.5 Å². The van der Waals surface area contributed by atoms with Crippen LogP contribution in [-0.4, -0.2) is 41.4 Å². The van der Waals surface area contributed by atoms with E-state index in [9.17, 15) is 24.5 Å². The third-order valence-electron chi connectivity index (χ3n) is 4.17. The van der Waals surface area contributed by atoms with Crippen molar-refractivity contribution < 1.29 is 33.2 Å². The van der Waals surface area contributed by atoms with Crippen LogP contribution in [0.4, 0.5) is 10.5 Å². The van der Waals surface area contributed by atoms with Crippen molar-refractivity contribution in [2.75, 3.05) is 13.7 Å². The summed E-state index contributed by atoms with van der Waals surface area (Å²) in [5.41, 5.74) is -0.153. The number of nitrogens with zero attached hydrogens (tertiary/aromatic N) is 2. The van der Waals surface area contributed by atoms with Gasteiger partial charge in [0.2, 0.25) is 11.5 Å². The molecule has 3 rings (SSSR count). The molecule has 12 heteroatoms. The van der Waals surface area contributed by atoms with Gasteiger partial charge in [0.05, 0.1) is 25.2 Å². The highest BCUT2D eigenvalue weighted by Crippen LogP contribution is 2.36. The van der Waals surface area contributed by atoms with E-state index in [-0.39, 0.29) is 47.4 Å². The molecule has 2 aromatic rings. The number of furan rings is 1. The van der Waals surface area contributed by atoms with Crippen molar-refractivity contribution in [1.29, 1.82) is 0 Å². The third-order valence-corrected chi connectivity index (χ3v) is 4.63. The lowest BCUT2D eigenvalue weighted by Crippen LogP contribution is -2.30. The predicted octanol–water partition coefficient (Wildman–Crippen LogP) is 3.23. The van der Waals surface area contributed by atoms with Crippen molar-refractivity contribution >= 4 is 45.6 Å². The van der Waals surface area contributed by atoms with Gasteiger partial charge in [-0.3, -0.25) is 19.8 Å². The molecule has 0 bridgehead atoms. The van der Waals surface area contributed by atoms with Crippen molar-refractivity contribution in [2.45, 2.75) is 13.5 Å². The Hall–Kier alpha value is -3.67. The fourth-order valence-corrected chi connectivity index (χ4v) is 3.31. The maximum absolute atomic E-state index is 12.7. The Morgan fingerprint density at radius 1 is 1.35 bits per heavy atom. The number of esters is 1. The van der Waals surface area contributed by atoms with Gasteiger partial charge in [-0.15, -0.1) is 0 Å². The molecule has 0 spiro atoms. The van der Waals surface area contributed by atoms with Crippen molar-refractivity contribution in [3.05, 3.63) is 61.6 Å². The number of ether oxygens (including phenoxy) is 2. The highest BCUT2D eigenvalue weighted by atomic mass is 79.9. The Morgan fingerprint density at radius 3 is 2.74 bits per heavy atom. The van der Waals surface area contributed by atoms with Crippen molar-refractivity contribution in [3.63, 3.8) is 0 Å². The Labute approximate surface area is 183 Å². The molecule has 0 saturated carbocycles. The van der Waals surface area contributed by atoms with Gasteiger partial charge in [-0.25, -0.2) is 9.59 Å². The fraction of sp³-hybridized carbons (Fsp3) is 0.211. The number of carbonyl (C=O) groups is 3. The maximum Gasteiger partial charge on any atom is 0.373 e. The molecule has 1 saturated heterocycles. The van der Waals surface area contributed by atoms with Gasteiger partial charge in [-0.2, -0.15) is 0 Å². The molecule has 162 valence electrons. The van der Waals surface area contributed by atoms with Crippen LogP contribution in [0.25, 0.3) is 6.08 Å². The molecule has 1 fully saturated rings. The van der Waals surface area contributed by atoms with Crippen LogP contribution in [0.2, 0.25) is 0 Å². The molecule has 1 aliphatic heterocycles. The first-order valence-electron chi connectivity index (χ1n) is 8.87. The van der Waals surface area contributed by atoms with Gasteiger partial charge < -0.3 is 19.2 Å². The standard InChI is InChI=1S/C19H16BrN3O8/c1-3-30-16-10(6-11(20)8-14(16)23(27)28)7-13-17(24)22(19(26)21-13)9-12-4-5-15(31-12)18(25)29-2/h4-8H,3,9H2,1-2H3,(H,21,26)/b13-7-. The maximum atomic E-state index is 12.7. The Kier molecular flexibility index (Phi) is 6.39. The van der Waals surface area contributed by atoms with E-state index in [2.05, 4.69) is 26.0 Å². The minimum Gasteiger partial charge on any atom is -0.487 e. The zero-order valence-corrected chi connectivity index (χ0v) is 17.9. The van der Waals surface area contributed by atoms with Crippen LogP contribution in [0.3, 0.4) is 0 Å². The molecule has 11 nitrogen and oxygen atoms in total. The van der Waals surface area contributed by atoms with Gasteiger partial charge in [-0.1, -0.05) is 15.9 Å². The van der Waals surface area contributed by atoms with Crippen molar-refractivity contribution in [3.8, 4) is 5.75 Å². The molecule has 1 aliphatic rings. The first-order chi connectivity index (χ1) is 14.7. The van der Waals surface area contributed by atoms with E-state index in [0.29, 0.717) is 4.47 Å². The zero-order valence-electron chi connectivity index (χ0n) is 16.3. The molecule has 31 heavy (non-hydrogen) atoms. The molecule has 0 radical (unpaired) electrons. The lowest BCUT2D eigenvalue weighted by Gasteiger charge is -2.10. The zero-order chi connectivity index (χ0) is 22.7. The van der Waals surface area contributed by atoms with Crippen LogP contribution >= 0.6 is 15.9 Å². The Balaban J connectivity index is 1.91. The number of nitrogens with one attached hydrogen (secondary N) is 1. The molecule has 0 aliphatic carbocycles. The summed E-state index contributed by atoms with van der Waals surface area (Å²) in [4.78, 5) is 48.2. The van der Waals surface area contributed by atoms with E-state index >= 15 is 0 Å². The molecule has 1 N–H and O–H groups in total. The Morgan fingerprint density at radius 2 is 2.10 bits per heavy atom. The minimum absolute atomic E-state index is 0.0301. The number of urea groups is 1. The van der Waals surface area contributed by atoms with Gasteiger partial charge in [0.25, 0.3) is 5.91 Å². The number of hydrogen-bond acceptors (Lipinski definition) is 8. The Bertz CT molecular complexity index is 1110. The summed E-state index contributed by atoms with van der Waals surface area (Å²) in [6.07, 6.45) is 1.30. The van der Waals surface area contributed by atoms with Crippen LogP contribution in [0.15, 0.2) is 38.9 Å². The molecule has 1 aromatic carbocycles. The van der Waals surface area contributed by atoms with Crippen molar-refractivity contribution in [1.82, 2.24) is 10.2 Å². The number of benzene rings is 1.